The maximum absolute atomic E-state index is 11.8. The summed E-state index contributed by atoms with van der Waals surface area (Å²) in [6.45, 7) is 1.60. The van der Waals surface area contributed by atoms with E-state index >= 15 is 0 Å². The van der Waals surface area contributed by atoms with Crippen LogP contribution >= 0.6 is 11.3 Å². The number of hydrogen-bond donors (Lipinski definition) is 3. The van der Waals surface area contributed by atoms with E-state index in [2.05, 4.69) is 20.8 Å². The van der Waals surface area contributed by atoms with Gasteiger partial charge in [-0.15, -0.1) is 11.3 Å². The van der Waals surface area contributed by atoms with Crippen LogP contribution in [0.1, 0.15) is 18.2 Å². The van der Waals surface area contributed by atoms with Gasteiger partial charge in [0.15, 0.2) is 5.13 Å². The third-order valence-electron chi connectivity index (χ3n) is 2.49. The fourth-order valence-corrected chi connectivity index (χ4v) is 2.22. The first kappa shape index (κ1) is 14.5. The monoisotopic (exact) mass is 301 g/mol. The number of aromatic nitrogens is 1. The van der Waals surface area contributed by atoms with Crippen LogP contribution < -0.4 is 10.6 Å². The molecule has 0 fully saturated rings. The predicted octanol–water partition coefficient (Wildman–Crippen LogP) is 2.86. The minimum Gasteiger partial charge on any atom is -0.411 e. The molecule has 1 heterocycles. The molecule has 2 rings (SSSR count). The van der Waals surface area contributed by atoms with Crippen molar-refractivity contribution in [2.75, 3.05) is 10.6 Å². The fraction of sp³-hybridized carbons (Fsp3) is 0.0769. The van der Waals surface area contributed by atoms with Gasteiger partial charge >= 0.3 is 6.03 Å². The first-order chi connectivity index (χ1) is 10.1. The number of carbonyl (C=O) groups excluding carboxylic acids is 1. The van der Waals surface area contributed by atoms with Crippen LogP contribution in [-0.4, -0.2) is 21.9 Å². The molecule has 0 aliphatic heterocycles. The first-order valence-corrected chi connectivity index (χ1v) is 6.73. The topological polar surface area (TPSA) is 110 Å². The summed E-state index contributed by atoms with van der Waals surface area (Å²) in [6, 6.07) is 8.09. The lowest BCUT2D eigenvalue weighted by Gasteiger charge is -2.05. The summed E-state index contributed by atoms with van der Waals surface area (Å²) >= 11 is 1.21. The van der Waals surface area contributed by atoms with Crippen LogP contribution in [0, 0.1) is 11.3 Å². The van der Waals surface area contributed by atoms with E-state index in [1.807, 2.05) is 6.07 Å². The van der Waals surface area contributed by atoms with Crippen molar-refractivity contribution in [3.8, 4) is 6.07 Å². The molecule has 2 aromatic rings. The normalized spacial score (nSPS) is 10.8. The van der Waals surface area contributed by atoms with E-state index in [-0.39, 0.29) is 0 Å². The number of nitriles is 1. The zero-order valence-corrected chi connectivity index (χ0v) is 11.8. The van der Waals surface area contributed by atoms with Crippen LogP contribution in [0.3, 0.4) is 0 Å². The molecule has 0 bridgehead atoms. The lowest BCUT2D eigenvalue weighted by Crippen LogP contribution is -2.19. The van der Waals surface area contributed by atoms with E-state index in [1.54, 1.807) is 36.6 Å². The molecule has 21 heavy (non-hydrogen) atoms. The summed E-state index contributed by atoms with van der Waals surface area (Å²) in [5.74, 6) is 0. The number of carbonyl (C=O) groups is 1. The average molecular weight is 301 g/mol. The van der Waals surface area contributed by atoms with E-state index in [9.17, 15) is 4.79 Å². The van der Waals surface area contributed by atoms with Gasteiger partial charge in [0.1, 0.15) is 11.4 Å². The first-order valence-electron chi connectivity index (χ1n) is 5.85. The molecule has 106 valence electrons. The number of oxime groups is 1. The van der Waals surface area contributed by atoms with Crippen LogP contribution in [0.15, 0.2) is 34.8 Å². The van der Waals surface area contributed by atoms with Crippen LogP contribution in [0.5, 0.6) is 0 Å². The smallest absolute Gasteiger partial charge is 0.325 e. The molecule has 0 unspecified atom stereocenters. The molecule has 0 radical (unpaired) electrons. The lowest BCUT2D eigenvalue weighted by molar-refractivity contribution is 0.262. The minimum absolute atomic E-state index is 0.362. The van der Waals surface area contributed by atoms with E-state index in [1.165, 1.54) is 11.3 Å². The Morgan fingerprint density at radius 1 is 1.48 bits per heavy atom. The van der Waals surface area contributed by atoms with Gasteiger partial charge in [-0.2, -0.15) is 5.26 Å². The standard InChI is InChI=1S/C13H11N5O2S/c1-8(18-20)11-7-21-13(16-11)17-12(19)15-10-4-2-3-9(5-10)6-14/h2-5,7,20H,1H3,(H2,15,16,17,19). The summed E-state index contributed by atoms with van der Waals surface area (Å²) in [5, 5.41) is 27.7. The second-order valence-electron chi connectivity index (χ2n) is 4.00. The van der Waals surface area contributed by atoms with Crippen molar-refractivity contribution in [1.29, 1.82) is 5.26 Å². The second-order valence-corrected chi connectivity index (χ2v) is 4.85. The van der Waals surface area contributed by atoms with Crippen molar-refractivity contribution in [3.63, 3.8) is 0 Å². The van der Waals surface area contributed by atoms with E-state index in [4.69, 9.17) is 10.5 Å². The number of thiazole rings is 1. The van der Waals surface area contributed by atoms with Crippen molar-refractivity contribution in [2.24, 2.45) is 5.16 Å². The van der Waals surface area contributed by atoms with E-state index in [0.717, 1.165) is 0 Å². The van der Waals surface area contributed by atoms with Crippen molar-refractivity contribution >= 4 is 33.9 Å². The molecular weight excluding hydrogens is 290 g/mol. The van der Waals surface area contributed by atoms with E-state index in [0.29, 0.717) is 27.8 Å². The third kappa shape index (κ3) is 3.77. The largest absolute Gasteiger partial charge is 0.411 e. The van der Waals surface area contributed by atoms with Gasteiger partial charge in [-0.3, -0.25) is 5.32 Å². The van der Waals surface area contributed by atoms with Crippen LogP contribution in [0.25, 0.3) is 0 Å². The molecule has 0 aliphatic rings. The Kier molecular flexibility index (Phi) is 4.48. The summed E-state index contributed by atoms with van der Waals surface area (Å²) < 4.78 is 0. The number of anilines is 2. The fourth-order valence-electron chi connectivity index (χ4n) is 1.47. The SMILES string of the molecule is CC(=NO)c1csc(NC(=O)Nc2cccc(C#N)c2)n1. The molecule has 7 nitrogen and oxygen atoms in total. The van der Waals surface area contributed by atoms with Gasteiger partial charge in [0, 0.05) is 11.1 Å². The van der Waals surface area contributed by atoms with Gasteiger partial charge in [-0.25, -0.2) is 9.78 Å². The Morgan fingerprint density at radius 3 is 3.00 bits per heavy atom. The van der Waals surface area contributed by atoms with Crippen molar-refractivity contribution in [3.05, 3.63) is 40.9 Å². The highest BCUT2D eigenvalue weighted by Crippen LogP contribution is 2.17. The number of urea groups is 1. The average Bonchev–Trinajstić information content (AvgIpc) is 2.94. The number of nitrogens with one attached hydrogen (secondary N) is 2. The molecule has 1 aromatic carbocycles. The Hall–Kier alpha value is -2.92. The summed E-state index contributed by atoms with van der Waals surface area (Å²) in [5.41, 5.74) is 1.82. The molecule has 1 aromatic heterocycles. The molecule has 0 saturated carbocycles. The molecule has 3 N–H and O–H groups in total. The lowest BCUT2D eigenvalue weighted by atomic mass is 10.2. The maximum atomic E-state index is 11.8. The molecule has 0 aliphatic carbocycles. The van der Waals surface area contributed by atoms with E-state index < -0.39 is 6.03 Å². The molecular formula is C13H11N5O2S. The van der Waals surface area contributed by atoms with Crippen molar-refractivity contribution < 1.29 is 10.0 Å². The van der Waals surface area contributed by atoms with Crippen LogP contribution in [-0.2, 0) is 0 Å². The molecule has 0 saturated heterocycles. The quantitative estimate of drug-likeness (QED) is 0.460. The molecule has 0 atom stereocenters. The van der Waals surface area contributed by atoms with Gasteiger partial charge in [0.2, 0.25) is 0 Å². The van der Waals surface area contributed by atoms with Crippen LogP contribution in [0.2, 0.25) is 0 Å². The zero-order chi connectivity index (χ0) is 15.2. The highest BCUT2D eigenvalue weighted by Gasteiger charge is 2.09. The number of amides is 2. The van der Waals surface area contributed by atoms with Gasteiger partial charge in [-0.1, -0.05) is 11.2 Å². The minimum atomic E-state index is -0.468. The Bertz CT molecular complexity index is 732. The Morgan fingerprint density at radius 2 is 2.29 bits per heavy atom. The van der Waals surface area contributed by atoms with Gasteiger partial charge < -0.3 is 10.5 Å². The van der Waals surface area contributed by atoms with Crippen LogP contribution in [0.4, 0.5) is 15.6 Å². The number of hydrogen-bond acceptors (Lipinski definition) is 6. The molecule has 2 amide bonds. The highest BCUT2D eigenvalue weighted by molar-refractivity contribution is 7.14. The third-order valence-corrected chi connectivity index (χ3v) is 3.25. The summed E-state index contributed by atoms with van der Waals surface area (Å²) in [4.78, 5) is 15.9. The Balaban J connectivity index is 2.01. The summed E-state index contributed by atoms with van der Waals surface area (Å²) in [6.07, 6.45) is 0. The highest BCUT2D eigenvalue weighted by atomic mass is 32.1. The Labute approximate surface area is 124 Å². The zero-order valence-electron chi connectivity index (χ0n) is 11.0. The number of nitrogens with zero attached hydrogens (tertiary/aromatic N) is 3. The molecule has 8 heteroatoms. The van der Waals surface area contributed by atoms with Crippen molar-refractivity contribution in [2.45, 2.75) is 6.92 Å². The van der Waals surface area contributed by atoms with Gasteiger partial charge in [0.25, 0.3) is 0 Å². The van der Waals surface area contributed by atoms with Crippen molar-refractivity contribution in [1.82, 2.24) is 4.98 Å². The number of benzene rings is 1. The summed E-state index contributed by atoms with van der Waals surface area (Å²) in [7, 11) is 0. The molecule has 0 spiro atoms. The van der Waals surface area contributed by atoms with Gasteiger partial charge in [0.05, 0.1) is 11.6 Å². The maximum Gasteiger partial charge on any atom is 0.325 e. The predicted molar refractivity (Wildman–Crippen MR) is 79.9 cm³/mol. The number of rotatable bonds is 3. The second kappa shape index (κ2) is 6.49. The van der Waals surface area contributed by atoms with Gasteiger partial charge in [-0.05, 0) is 25.1 Å².